The van der Waals surface area contributed by atoms with Crippen molar-refractivity contribution in [3.05, 3.63) is 194 Å². The number of nitrogens with zero attached hydrogens (tertiary/aromatic N) is 4. The zero-order chi connectivity index (χ0) is 40.0. The minimum atomic E-state index is 0.643. The van der Waals surface area contributed by atoms with Crippen molar-refractivity contribution in [3.63, 3.8) is 0 Å². The lowest BCUT2D eigenvalue weighted by molar-refractivity contribution is 0.669. The van der Waals surface area contributed by atoms with Gasteiger partial charge in [-0.25, -0.2) is 15.0 Å². The monoisotopic (exact) mass is 772 g/mol. The number of para-hydroxylation sites is 2. The molecule has 0 aliphatic carbocycles. The van der Waals surface area contributed by atoms with E-state index in [9.17, 15) is 0 Å². The van der Waals surface area contributed by atoms with Crippen molar-refractivity contribution in [1.82, 2.24) is 19.5 Å². The third kappa shape index (κ3) is 6.23. The predicted molar refractivity (Wildman–Crippen MR) is 247 cm³/mol. The molecular weight excluding hydrogens is 733 g/mol. The number of furan rings is 1. The van der Waals surface area contributed by atoms with E-state index in [-0.39, 0.29) is 0 Å². The highest BCUT2D eigenvalue weighted by Gasteiger charge is 2.19. The first kappa shape index (κ1) is 35.5. The molecule has 0 saturated carbocycles. The van der Waals surface area contributed by atoms with Crippen LogP contribution in [0.4, 0.5) is 0 Å². The third-order valence-corrected chi connectivity index (χ3v) is 11.7. The smallest absolute Gasteiger partial charge is 0.164 e. The van der Waals surface area contributed by atoms with E-state index in [1.807, 2.05) is 30.3 Å². The fourth-order valence-electron chi connectivity index (χ4n) is 8.69. The van der Waals surface area contributed by atoms with Gasteiger partial charge < -0.3 is 8.98 Å². The highest BCUT2D eigenvalue weighted by molar-refractivity contribution is 6.14. The van der Waals surface area contributed by atoms with Crippen LogP contribution in [0.15, 0.2) is 192 Å². The number of benzene rings is 8. The largest absolute Gasteiger partial charge is 0.456 e. The van der Waals surface area contributed by atoms with Gasteiger partial charge in [0.1, 0.15) is 11.2 Å². The maximum Gasteiger partial charge on any atom is 0.164 e. The second-order valence-electron chi connectivity index (χ2n) is 15.4. The van der Waals surface area contributed by atoms with Crippen LogP contribution in [-0.4, -0.2) is 19.5 Å². The lowest BCUT2D eigenvalue weighted by atomic mass is 9.98. The van der Waals surface area contributed by atoms with Gasteiger partial charge in [0, 0.05) is 43.9 Å². The van der Waals surface area contributed by atoms with Crippen LogP contribution in [0.25, 0.3) is 106 Å². The van der Waals surface area contributed by atoms with Crippen molar-refractivity contribution in [2.24, 2.45) is 0 Å². The fourth-order valence-corrected chi connectivity index (χ4v) is 8.69. The SMILES string of the molecule is CCCCc1ccc(-c2nc(-c3ccccc3)nc(-c3ccccc3-c3ccc(-n4c5ccccc5c5ccc(-c6cccc7oc8ccccc8c67)cc54)cc3)n2)cc1. The lowest BCUT2D eigenvalue weighted by Gasteiger charge is -2.13. The summed E-state index contributed by atoms with van der Waals surface area (Å²) >= 11 is 0. The maximum absolute atomic E-state index is 6.28. The summed E-state index contributed by atoms with van der Waals surface area (Å²) in [7, 11) is 0. The fraction of sp³-hybridized carbons (Fsp3) is 0.0727. The Morgan fingerprint density at radius 3 is 1.83 bits per heavy atom. The second kappa shape index (κ2) is 14.9. The van der Waals surface area contributed by atoms with Gasteiger partial charge in [-0.15, -0.1) is 0 Å². The minimum absolute atomic E-state index is 0.643. The van der Waals surface area contributed by atoms with Gasteiger partial charge in [0.2, 0.25) is 0 Å². The molecule has 8 aromatic carbocycles. The molecule has 5 nitrogen and oxygen atoms in total. The van der Waals surface area contributed by atoms with Crippen LogP contribution >= 0.6 is 0 Å². The van der Waals surface area contributed by atoms with Gasteiger partial charge in [-0.2, -0.15) is 0 Å². The highest BCUT2D eigenvalue weighted by atomic mass is 16.3. The Hall–Kier alpha value is -7.63. The lowest BCUT2D eigenvalue weighted by Crippen LogP contribution is -2.01. The average Bonchev–Trinajstić information content (AvgIpc) is 3.87. The molecule has 11 aromatic rings. The Kier molecular flexibility index (Phi) is 8.85. The molecule has 0 spiro atoms. The van der Waals surface area contributed by atoms with Crippen LogP contribution in [-0.2, 0) is 6.42 Å². The molecule has 0 amide bonds. The summed E-state index contributed by atoms with van der Waals surface area (Å²) < 4.78 is 8.66. The molecule has 3 aromatic heterocycles. The number of fused-ring (bicyclic) bond motifs is 6. The van der Waals surface area contributed by atoms with Gasteiger partial charge in [0.15, 0.2) is 17.5 Å². The van der Waals surface area contributed by atoms with E-state index in [0.29, 0.717) is 17.5 Å². The molecule has 0 fully saturated rings. The Balaban J connectivity index is 1.01. The Morgan fingerprint density at radius 1 is 0.433 bits per heavy atom. The van der Waals surface area contributed by atoms with E-state index in [1.54, 1.807) is 0 Å². The molecule has 3 heterocycles. The van der Waals surface area contributed by atoms with Crippen molar-refractivity contribution in [2.45, 2.75) is 26.2 Å². The molecule has 5 heteroatoms. The molecule has 0 N–H and O–H groups in total. The maximum atomic E-state index is 6.28. The molecular formula is C55H40N4O. The van der Waals surface area contributed by atoms with Crippen molar-refractivity contribution in [2.75, 3.05) is 0 Å². The van der Waals surface area contributed by atoms with Crippen LogP contribution < -0.4 is 0 Å². The predicted octanol–water partition coefficient (Wildman–Crippen LogP) is 14.5. The molecule has 0 radical (unpaired) electrons. The molecule has 0 aliphatic heterocycles. The van der Waals surface area contributed by atoms with Crippen LogP contribution in [0.5, 0.6) is 0 Å². The van der Waals surface area contributed by atoms with Gasteiger partial charge in [-0.05, 0) is 77.1 Å². The molecule has 0 aliphatic rings. The summed E-state index contributed by atoms with van der Waals surface area (Å²) in [5.74, 6) is 1.96. The van der Waals surface area contributed by atoms with E-state index < -0.39 is 0 Å². The standard InChI is InChI=1S/C55H40N4O/c1-2-3-14-36-25-27-39(28-26-36)54-56-53(38-15-5-4-6-16-38)57-55(58-54)46-19-8-7-17-42(46)37-29-32-41(33-30-37)59-48-22-11-9-18-44(48)45-34-31-40(35-49(45)59)43-21-13-24-51-52(43)47-20-10-12-23-50(47)60-51/h4-13,15-35H,2-3,14H2,1H3. The minimum Gasteiger partial charge on any atom is -0.456 e. The van der Waals surface area contributed by atoms with Gasteiger partial charge in [0.25, 0.3) is 0 Å². The summed E-state index contributed by atoms with van der Waals surface area (Å²) in [6, 6.07) is 66.3. The molecule has 0 bridgehead atoms. The summed E-state index contributed by atoms with van der Waals surface area (Å²) in [5, 5.41) is 4.69. The summed E-state index contributed by atoms with van der Waals surface area (Å²) in [5.41, 5.74) is 13.8. The van der Waals surface area contributed by atoms with E-state index in [4.69, 9.17) is 19.4 Å². The van der Waals surface area contributed by atoms with Crippen LogP contribution in [0.3, 0.4) is 0 Å². The van der Waals surface area contributed by atoms with Gasteiger partial charge in [0.05, 0.1) is 11.0 Å². The first-order chi connectivity index (χ1) is 29.7. The molecule has 60 heavy (non-hydrogen) atoms. The van der Waals surface area contributed by atoms with E-state index in [1.165, 1.54) is 29.2 Å². The first-order valence-electron chi connectivity index (χ1n) is 20.7. The quantitative estimate of drug-likeness (QED) is 0.147. The highest BCUT2D eigenvalue weighted by Crippen LogP contribution is 2.40. The zero-order valence-electron chi connectivity index (χ0n) is 33.2. The zero-order valence-corrected chi connectivity index (χ0v) is 33.2. The summed E-state index contributed by atoms with van der Waals surface area (Å²) in [6.07, 6.45) is 3.41. The van der Waals surface area contributed by atoms with Crippen LogP contribution in [0.2, 0.25) is 0 Å². The summed E-state index contributed by atoms with van der Waals surface area (Å²) in [4.78, 5) is 15.2. The summed E-state index contributed by atoms with van der Waals surface area (Å²) in [6.45, 7) is 2.23. The molecule has 0 saturated heterocycles. The third-order valence-electron chi connectivity index (χ3n) is 11.7. The Morgan fingerprint density at radius 2 is 1.03 bits per heavy atom. The van der Waals surface area contributed by atoms with Gasteiger partial charge in [-0.3, -0.25) is 0 Å². The first-order valence-corrected chi connectivity index (χ1v) is 20.7. The molecule has 286 valence electrons. The number of hydrogen-bond donors (Lipinski definition) is 0. The Labute approximate surface area is 348 Å². The number of unbranched alkanes of at least 4 members (excludes halogenated alkanes) is 1. The molecule has 0 atom stereocenters. The second-order valence-corrected chi connectivity index (χ2v) is 15.4. The average molecular weight is 773 g/mol. The normalized spacial score (nSPS) is 11.6. The van der Waals surface area contributed by atoms with E-state index >= 15 is 0 Å². The van der Waals surface area contributed by atoms with Gasteiger partial charge >= 0.3 is 0 Å². The van der Waals surface area contributed by atoms with E-state index in [0.717, 1.165) is 84.0 Å². The number of aryl methyl sites for hydroxylation is 1. The van der Waals surface area contributed by atoms with Crippen molar-refractivity contribution in [3.8, 4) is 62.1 Å². The Bertz CT molecular complexity index is 3340. The van der Waals surface area contributed by atoms with Crippen molar-refractivity contribution in [1.29, 1.82) is 0 Å². The van der Waals surface area contributed by atoms with E-state index in [2.05, 4.69) is 169 Å². The van der Waals surface area contributed by atoms with Crippen LogP contribution in [0, 0.1) is 0 Å². The molecule has 11 rings (SSSR count). The van der Waals surface area contributed by atoms with Gasteiger partial charge in [-0.1, -0.05) is 165 Å². The number of rotatable bonds is 9. The van der Waals surface area contributed by atoms with Crippen LogP contribution in [0.1, 0.15) is 25.3 Å². The number of hydrogen-bond acceptors (Lipinski definition) is 4. The van der Waals surface area contributed by atoms with Crippen molar-refractivity contribution < 1.29 is 4.42 Å². The van der Waals surface area contributed by atoms with Crippen molar-refractivity contribution >= 4 is 43.7 Å². The molecule has 0 unspecified atom stereocenters. The number of aromatic nitrogens is 4. The topological polar surface area (TPSA) is 56.7 Å².